The number of nitrogens with zero attached hydrogens (tertiary/aromatic N) is 2. The predicted molar refractivity (Wildman–Crippen MR) is 52.5 cm³/mol. The van der Waals surface area contributed by atoms with E-state index in [-0.39, 0.29) is 0 Å². The molecule has 0 spiro atoms. The second kappa shape index (κ2) is 4.73. The highest BCUT2D eigenvalue weighted by Gasteiger charge is 2.28. The van der Waals surface area contributed by atoms with Gasteiger partial charge in [0, 0.05) is 6.54 Å². The lowest BCUT2D eigenvalue weighted by atomic mass is 10.2. The fraction of sp³-hybridized carbons (Fsp3) is 0.875. The molecule has 0 saturated carbocycles. The van der Waals surface area contributed by atoms with Crippen molar-refractivity contribution in [1.82, 2.24) is 4.31 Å². The molecular formula is C8H15N3O2S. The van der Waals surface area contributed by atoms with Crippen molar-refractivity contribution in [3.8, 4) is 6.07 Å². The van der Waals surface area contributed by atoms with Gasteiger partial charge in [-0.05, 0) is 12.8 Å². The topological polar surface area (TPSA) is 87.2 Å². The van der Waals surface area contributed by atoms with Gasteiger partial charge in [-0.15, -0.1) is 0 Å². The monoisotopic (exact) mass is 217 g/mol. The van der Waals surface area contributed by atoms with Crippen molar-refractivity contribution in [3.05, 3.63) is 0 Å². The average molecular weight is 217 g/mol. The minimum Gasteiger partial charge on any atom is -0.315 e. The van der Waals surface area contributed by atoms with Crippen LogP contribution in [-0.2, 0) is 10.0 Å². The SMILES string of the molecule is N#CCS(=O)(=O)N1CCCCCC1N. The van der Waals surface area contributed by atoms with Gasteiger partial charge in [0.25, 0.3) is 0 Å². The van der Waals surface area contributed by atoms with E-state index in [2.05, 4.69) is 0 Å². The Balaban J connectivity index is 2.78. The summed E-state index contributed by atoms with van der Waals surface area (Å²) in [6.45, 7) is 0.450. The van der Waals surface area contributed by atoms with E-state index in [0.717, 1.165) is 19.3 Å². The van der Waals surface area contributed by atoms with Crippen LogP contribution in [0.15, 0.2) is 0 Å². The molecule has 0 amide bonds. The van der Waals surface area contributed by atoms with Crippen LogP contribution in [0.2, 0.25) is 0 Å². The number of nitrogens with two attached hydrogens (primary N) is 1. The maximum absolute atomic E-state index is 11.6. The zero-order valence-electron chi connectivity index (χ0n) is 8.02. The van der Waals surface area contributed by atoms with Gasteiger partial charge in [0.05, 0.1) is 12.2 Å². The molecule has 1 rings (SSSR count). The van der Waals surface area contributed by atoms with Crippen molar-refractivity contribution in [2.75, 3.05) is 12.3 Å². The van der Waals surface area contributed by atoms with Gasteiger partial charge in [0.15, 0.2) is 5.75 Å². The highest BCUT2D eigenvalue weighted by molar-refractivity contribution is 7.89. The molecule has 0 radical (unpaired) electrons. The zero-order chi connectivity index (χ0) is 10.6. The molecule has 0 bridgehead atoms. The molecule has 14 heavy (non-hydrogen) atoms. The Labute approximate surface area is 84.5 Å². The van der Waals surface area contributed by atoms with Gasteiger partial charge in [-0.3, -0.25) is 0 Å². The van der Waals surface area contributed by atoms with Crippen molar-refractivity contribution < 1.29 is 8.42 Å². The summed E-state index contributed by atoms with van der Waals surface area (Å²) in [5, 5.41) is 8.39. The first kappa shape index (κ1) is 11.4. The van der Waals surface area contributed by atoms with Crippen LogP contribution in [0.5, 0.6) is 0 Å². The van der Waals surface area contributed by atoms with Crippen LogP contribution in [0.25, 0.3) is 0 Å². The van der Waals surface area contributed by atoms with Crippen LogP contribution >= 0.6 is 0 Å². The van der Waals surface area contributed by atoms with Crippen LogP contribution < -0.4 is 5.73 Å². The summed E-state index contributed by atoms with van der Waals surface area (Å²) in [4.78, 5) is 0. The third kappa shape index (κ3) is 2.67. The van der Waals surface area contributed by atoms with Crippen molar-refractivity contribution in [2.45, 2.75) is 31.8 Å². The summed E-state index contributed by atoms with van der Waals surface area (Å²) in [6, 6.07) is 1.66. The first-order valence-electron chi connectivity index (χ1n) is 4.70. The molecule has 1 aliphatic rings. The summed E-state index contributed by atoms with van der Waals surface area (Å²) in [5.74, 6) is -0.472. The molecular weight excluding hydrogens is 202 g/mol. The fourth-order valence-electron chi connectivity index (χ4n) is 1.62. The number of hydrogen-bond donors (Lipinski definition) is 1. The largest absolute Gasteiger partial charge is 0.315 e. The Bertz CT molecular complexity index is 320. The predicted octanol–water partition coefficient (Wildman–Crippen LogP) is 0.000580. The van der Waals surface area contributed by atoms with E-state index in [0.29, 0.717) is 13.0 Å². The van der Waals surface area contributed by atoms with E-state index in [1.807, 2.05) is 0 Å². The molecule has 5 nitrogen and oxygen atoms in total. The van der Waals surface area contributed by atoms with Gasteiger partial charge >= 0.3 is 0 Å². The summed E-state index contributed by atoms with van der Waals surface area (Å²) in [6.07, 6.45) is 3.03. The molecule has 1 unspecified atom stereocenters. The van der Waals surface area contributed by atoms with E-state index in [1.165, 1.54) is 4.31 Å². The van der Waals surface area contributed by atoms with Crippen LogP contribution in [0.4, 0.5) is 0 Å². The number of rotatable bonds is 2. The van der Waals surface area contributed by atoms with E-state index in [1.54, 1.807) is 6.07 Å². The molecule has 1 heterocycles. The second-order valence-electron chi connectivity index (χ2n) is 3.44. The van der Waals surface area contributed by atoms with E-state index in [4.69, 9.17) is 11.0 Å². The van der Waals surface area contributed by atoms with Gasteiger partial charge < -0.3 is 5.73 Å². The van der Waals surface area contributed by atoms with Gasteiger partial charge in [-0.2, -0.15) is 9.57 Å². The van der Waals surface area contributed by atoms with Crippen LogP contribution in [0.3, 0.4) is 0 Å². The van der Waals surface area contributed by atoms with Gasteiger partial charge in [0.2, 0.25) is 10.0 Å². The number of hydrogen-bond acceptors (Lipinski definition) is 4. The van der Waals surface area contributed by atoms with Crippen molar-refractivity contribution in [3.63, 3.8) is 0 Å². The quantitative estimate of drug-likeness (QED) is 0.705. The van der Waals surface area contributed by atoms with Crippen LogP contribution in [0.1, 0.15) is 25.7 Å². The average Bonchev–Trinajstić information content (AvgIpc) is 2.29. The highest BCUT2D eigenvalue weighted by Crippen LogP contribution is 2.16. The van der Waals surface area contributed by atoms with Gasteiger partial charge in [0.1, 0.15) is 0 Å². The maximum atomic E-state index is 11.6. The standard InChI is InChI=1S/C8H15N3O2S/c9-5-7-14(12,13)11-6-3-1-2-4-8(11)10/h8H,1-4,6-7,10H2. The third-order valence-corrected chi connectivity index (χ3v) is 4.01. The summed E-state index contributed by atoms with van der Waals surface area (Å²) in [5.41, 5.74) is 5.73. The normalized spacial score (nSPS) is 25.3. The molecule has 0 aromatic heterocycles. The molecule has 1 aliphatic heterocycles. The molecule has 1 saturated heterocycles. The molecule has 2 N–H and O–H groups in total. The third-order valence-electron chi connectivity index (χ3n) is 2.35. The Morgan fingerprint density at radius 1 is 1.43 bits per heavy atom. The number of sulfonamides is 1. The Morgan fingerprint density at radius 2 is 2.14 bits per heavy atom. The second-order valence-corrected chi connectivity index (χ2v) is 5.36. The van der Waals surface area contributed by atoms with Crippen molar-refractivity contribution >= 4 is 10.0 Å². The zero-order valence-corrected chi connectivity index (χ0v) is 8.83. The van der Waals surface area contributed by atoms with E-state index < -0.39 is 21.9 Å². The Kier molecular flexibility index (Phi) is 3.86. The fourth-order valence-corrected chi connectivity index (χ4v) is 2.87. The minimum atomic E-state index is -3.46. The first-order chi connectivity index (χ1) is 6.58. The molecule has 1 fully saturated rings. The number of nitriles is 1. The molecule has 80 valence electrons. The lowest BCUT2D eigenvalue weighted by Crippen LogP contribution is -2.46. The maximum Gasteiger partial charge on any atom is 0.228 e. The summed E-state index contributed by atoms with van der Waals surface area (Å²) < 4.78 is 24.4. The summed E-state index contributed by atoms with van der Waals surface area (Å²) >= 11 is 0. The Morgan fingerprint density at radius 3 is 2.79 bits per heavy atom. The lowest BCUT2D eigenvalue weighted by molar-refractivity contribution is 0.331. The Hall–Kier alpha value is -0.640. The van der Waals surface area contributed by atoms with Crippen molar-refractivity contribution in [2.24, 2.45) is 5.73 Å². The molecule has 0 aromatic rings. The van der Waals surface area contributed by atoms with Crippen LogP contribution in [0, 0.1) is 11.3 Å². The van der Waals surface area contributed by atoms with Crippen molar-refractivity contribution in [1.29, 1.82) is 5.26 Å². The first-order valence-corrected chi connectivity index (χ1v) is 6.31. The smallest absolute Gasteiger partial charge is 0.228 e. The minimum absolute atomic E-state index is 0.448. The molecule has 6 heteroatoms. The van der Waals surface area contributed by atoms with Gasteiger partial charge in [-0.25, -0.2) is 8.42 Å². The molecule has 1 atom stereocenters. The van der Waals surface area contributed by atoms with Gasteiger partial charge in [-0.1, -0.05) is 12.8 Å². The molecule has 0 aromatic carbocycles. The molecule has 0 aliphatic carbocycles. The summed E-state index contributed by atoms with van der Waals surface area (Å²) in [7, 11) is -3.46. The highest BCUT2D eigenvalue weighted by atomic mass is 32.2. The van der Waals surface area contributed by atoms with Crippen LogP contribution in [-0.4, -0.2) is 31.2 Å². The van der Waals surface area contributed by atoms with E-state index >= 15 is 0 Å². The van der Waals surface area contributed by atoms with E-state index in [9.17, 15) is 8.42 Å². The lowest BCUT2D eigenvalue weighted by Gasteiger charge is -2.24.